The van der Waals surface area contributed by atoms with Crippen LogP contribution in [0.2, 0.25) is 10.0 Å². The number of hydrogen-bond donors (Lipinski definition) is 1. The molecule has 0 radical (unpaired) electrons. The molecule has 0 bridgehead atoms. The van der Waals surface area contributed by atoms with Crippen molar-refractivity contribution in [3.8, 4) is 0 Å². The molecular formula is C18H14Cl2N2O2. The Morgan fingerprint density at radius 3 is 2.25 bits per heavy atom. The van der Waals surface area contributed by atoms with Crippen molar-refractivity contribution in [2.45, 2.75) is 13.8 Å². The highest BCUT2D eigenvalue weighted by molar-refractivity contribution is 6.34. The normalized spacial score (nSPS) is 14.2. The summed E-state index contributed by atoms with van der Waals surface area (Å²) < 4.78 is 0. The van der Waals surface area contributed by atoms with Gasteiger partial charge >= 0.3 is 0 Å². The molecular weight excluding hydrogens is 347 g/mol. The van der Waals surface area contributed by atoms with E-state index in [-0.39, 0.29) is 5.70 Å². The second-order valence-electron chi connectivity index (χ2n) is 5.46. The van der Waals surface area contributed by atoms with E-state index in [1.807, 2.05) is 6.92 Å². The van der Waals surface area contributed by atoms with Gasteiger partial charge in [0, 0.05) is 21.8 Å². The van der Waals surface area contributed by atoms with Crippen LogP contribution in [-0.4, -0.2) is 11.8 Å². The summed E-state index contributed by atoms with van der Waals surface area (Å²) in [6.07, 6.45) is 1.28. The number of halogens is 2. The summed E-state index contributed by atoms with van der Waals surface area (Å²) in [5.74, 6) is -0.836. The predicted octanol–water partition coefficient (Wildman–Crippen LogP) is 4.48. The van der Waals surface area contributed by atoms with Crippen molar-refractivity contribution in [3.05, 3.63) is 69.3 Å². The average molecular weight is 361 g/mol. The van der Waals surface area contributed by atoms with Crippen LogP contribution in [0.25, 0.3) is 0 Å². The van der Waals surface area contributed by atoms with Crippen molar-refractivity contribution in [1.82, 2.24) is 0 Å². The topological polar surface area (TPSA) is 49.4 Å². The molecule has 1 aliphatic heterocycles. The Bertz CT molecular complexity index is 891. The molecule has 0 atom stereocenters. The number of rotatable bonds is 3. The van der Waals surface area contributed by atoms with Crippen LogP contribution in [0.4, 0.5) is 11.4 Å². The van der Waals surface area contributed by atoms with Gasteiger partial charge in [0.15, 0.2) is 0 Å². The number of imide groups is 1. The zero-order valence-electron chi connectivity index (χ0n) is 13.1. The van der Waals surface area contributed by atoms with Crippen molar-refractivity contribution in [3.63, 3.8) is 0 Å². The van der Waals surface area contributed by atoms with Crippen molar-refractivity contribution in [2.75, 3.05) is 10.2 Å². The monoisotopic (exact) mass is 360 g/mol. The number of nitrogens with one attached hydrogen (secondary N) is 1. The largest absolute Gasteiger partial charge is 0.351 e. The van der Waals surface area contributed by atoms with Crippen molar-refractivity contribution >= 4 is 46.4 Å². The SMILES string of the molecule is Cc1c(Cl)cccc1NC1=CC(=O)N(c2cccc(Cl)c2C)C1=O. The van der Waals surface area contributed by atoms with E-state index in [9.17, 15) is 9.59 Å². The summed E-state index contributed by atoms with van der Waals surface area (Å²) in [6.45, 7) is 3.61. The molecule has 4 nitrogen and oxygen atoms in total. The van der Waals surface area contributed by atoms with Crippen LogP contribution >= 0.6 is 23.2 Å². The molecule has 0 aromatic heterocycles. The minimum atomic E-state index is -0.426. The lowest BCUT2D eigenvalue weighted by Gasteiger charge is -2.18. The fourth-order valence-corrected chi connectivity index (χ4v) is 2.86. The first kappa shape index (κ1) is 16.6. The Labute approximate surface area is 149 Å². The van der Waals surface area contributed by atoms with Crippen LogP contribution in [-0.2, 0) is 9.59 Å². The van der Waals surface area contributed by atoms with Gasteiger partial charge in [-0.3, -0.25) is 9.59 Å². The van der Waals surface area contributed by atoms with Crippen molar-refractivity contribution < 1.29 is 9.59 Å². The van der Waals surface area contributed by atoms with E-state index >= 15 is 0 Å². The predicted molar refractivity (Wildman–Crippen MR) is 96.6 cm³/mol. The fourth-order valence-electron chi connectivity index (χ4n) is 2.51. The maximum absolute atomic E-state index is 12.7. The third kappa shape index (κ3) is 2.79. The molecule has 0 unspecified atom stereocenters. The fraction of sp³-hybridized carbons (Fsp3) is 0.111. The zero-order chi connectivity index (χ0) is 17.4. The van der Waals surface area contributed by atoms with E-state index in [1.54, 1.807) is 43.3 Å². The van der Waals surface area contributed by atoms with Gasteiger partial charge in [0.2, 0.25) is 0 Å². The number of benzene rings is 2. The Kier molecular flexibility index (Phi) is 4.35. The molecule has 1 heterocycles. The minimum Gasteiger partial charge on any atom is -0.351 e. The van der Waals surface area contributed by atoms with E-state index in [1.165, 1.54) is 6.08 Å². The highest BCUT2D eigenvalue weighted by Gasteiger charge is 2.33. The molecule has 2 aromatic carbocycles. The first-order chi connectivity index (χ1) is 11.4. The minimum absolute atomic E-state index is 0.199. The van der Waals surface area contributed by atoms with Gasteiger partial charge in [0.1, 0.15) is 5.70 Å². The highest BCUT2D eigenvalue weighted by Crippen LogP contribution is 2.31. The van der Waals surface area contributed by atoms with Gasteiger partial charge < -0.3 is 5.32 Å². The molecule has 1 aliphatic rings. The van der Waals surface area contributed by atoms with Gasteiger partial charge in [-0.15, -0.1) is 0 Å². The van der Waals surface area contributed by atoms with E-state index in [0.29, 0.717) is 27.0 Å². The second-order valence-corrected chi connectivity index (χ2v) is 6.27. The molecule has 122 valence electrons. The number of nitrogens with zero attached hydrogens (tertiary/aromatic N) is 1. The third-order valence-corrected chi connectivity index (χ3v) is 4.76. The quantitative estimate of drug-likeness (QED) is 0.820. The van der Waals surface area contributed by atoms with Gasteiger partial charge in [0.25, 0.3) is 11.8 Å². The van der Waals surface area contributed by atoms with Gasteiger partial charge in [-0.2, -0.15) is 0 Å². The van der Waals surface area contributed by atoms with E-state index in [4.69, 9.17) is 23.2 Å². The zero-order valence-corrected chi connectivity index (χ0v) is 14.6. The maximum Gasteiger partial charge on any atom is 0.281 e. The van der Waals surface area contributed by atoms with Crippen LogP contribution in [0.5, 0.6) is 0 Å². The van der Waals surface area contributed by atoms with Crippen LogP contribution < -0.4 is 10.2 Å². The Balaban J connectivity index is 1.92. The molecule has 0 aliphatic carbocycles. The second kappa shape index (κ2) is 6.30. The van der Waals surface area contributed by atoms with Crippen LogP contribution in [0.1, 0.15) is 11.1 Å². The van der Waals surface area contributed by atoms with E-state index < -0.39 is 11.8 Å². The summed E-state index contributed by atoms with van der Waals surface area (Å²) in [6, 6.07) is 10.5. The third-order valence-electron chi connectivity index (χ3n) is 3.94. The first-order valence-corrected chi connectivity index (χ1v) is 8.03. The average Bonchev–Trinajstić information content (AvgIpc) is 2.81. The maximum atomic E-state index is 12.7. The number of anilines is 2. The van der Waals surface area contributed by atoms with Crippen molar-refractivity contribution in [2.24, 2.45) is 0 Å². The Hall–Kier alpha value is -2.30. The molecule has 0 spiro atoms. The molecule has 1 N–H and O–H groups in total. The Morgan fingerprint density at radius 2 is 1.54 bits per heavy atom. The molecule has 0 saturated carbocycles. The first-order valence-electron chi connectivity index (χ1n) is 7.27. The molecule has 3 rings (SSSR count). The molecule has 0 saturated heterocycles. The van der Waals surface area contributed by atoms with Crippen LogP contribution in [0.15, 0.2) is 48.2 Å². The smallest absolute Gasteiger partial charge is 0.281 e. The summed E-state index contributed by atoms with van der Waals surface area (Å²) in [4.78, 5) is 26.1. The van der Waals surface area contributed by atoms with Crippen molar-refractivity contribution in [1.29, 1.82) is 0 Å². The number of carbonyl (C=O) groups excluding carboxylic acids is 2. The van der Waals surface area contributed by atoms with Gasteiger partial charge in [-0.05, 0) is 49.2 Å². The molecule has 0 fully saturated rings. The van der Waals surface area contributed by atoms with Gasteiger partial charge in [0.05, 0.1) is 5.69 Å². The molecule has 24 heavy (non-hydrogen) atoms. The lowest BCUT2D eigenvalue weighted by Crippen LogP contribution is -2.32. The van der Waals surface area contributed by atoms with E-state index in [2.05, 4.69) is 5.32 Å². The van der Waals surface area contributed by atoms with Crippen LogP contribution in [0.3, 0.4) is 0 Å². The number of carbonyl (C=O) groups is 2. The Morgan fingerprint density at radius 1 is 0.917 bits per heavy atom. The lowest BCUT2D eigenvalue weighted by atomic mass is 10.2. The molecule has 6 heteroatoms. The summed E-state index contributed by atoms with van der Waals surface area (Å²) in [5.41, 5.74) is 2.84. The van der Waals surface area contributed by atoms with Gasteiger partial charge in [-0.1, -0.05) is 35.3 Å². The molecule has 2 aromatic rings. The lowest BCUT2D eigenvalue weighted by molar-refractivity contribution is -0.120. The standard InChI is InChI=1S/C18H14Cl2N2O2/c1-10-12(19)5-3-7-14(10)21-15-9-17(23)22(18(15)24)16-8-4-6-13(20)11(16)2/h3-9,21H,1-2H3. The van der Waals surface area contributed by atoms with E-state index in [0.717, 1.165) is 10.5 Å². The number of amides is 2. The highest BCUT2D eigenvalue weighted by atomic mass is 35.5. The van der Waals surface area contributed by atoms with Gasteiger partial charge in [-0.25, -0.2) is 4.90 Å². The summed E-state index contributed by atoms with van der Waals surface area (Å²) >= 11 is 12.2. The summed E-state index contributed by atoms with van der Waals surface area (Å²) in [5, 5.41) is 4.08. The molecule has 2 amide bonds. The number of hydrogen-bond acceptors (Lipinski definition) is 3. The summed E-state index contributed by atoms with van der Waals surface area (Å²) in [7, 11) is 0. The van der Waals surface area contributed by atoms with Crippen LogP contribution in [0, 0.1) is 13.8 Å².